The first-order valence-corrected chi connectivity index (χ1v) is 12.3. The number of carbonyl (C=O) groups is 1. The summed E-state index contributed by atoms with van der Waals surface area (Å²) in [6.45, 7) is 0.600. The van der Waals surface area contributed by atoms with Crippen LogP contribution in [-0.4, -0.2) is 33.1 Å². The van der Waals surface area contributed by atoms with Crippen molar-refractivity contribution >= 4 is 44.3 Å². The molecule has 0 saturated heterocycles. The molecule has 1 unspecified atom stereocenters. The second-order valence-corrected chi connectivity index (χ2v) is 10.4. The molecule has 0 bridgehead atoms. The smallest absolute Gasteiger partial charge is 0.303 e. The molecule has 1 aliphatic rings. The van der Waals surface area contributed by atoms with Gasteiger partial charge in [0.25, 0.3) is 10.0 Å². The SMILES string of the molecule is CN1c2ccccc2C(NCCCCCCC(=O)O)c2cc(F)c(I)cc2S1(=O)=O. The third-order valence-electron chi connectivity index (χ3n) is 5.26. The maximum atomic E-state index is 14.4. The lowest BCUT2D eigenvalue weighted by Crippen LogP contribution is -2.26. The summed E-state index contributed by atoms with van der Waals surface area (Å²) in [5.74, 6) is -1.24. The summed E-state index contributed by atoms with van der Waals surface area (Å²) < 4.78 is 42.4. The molecule has 1 heterocycles. The molecule has 1 atom stereocenters. The number of hydrogen-bond donors (Lipinski definition) is 2. The zero-order valence-corrected chi connectivity index (χ0v) is 19.5. The number of aliphatic carboxylic acids is 1. The van der Waals surface area contributed by atoms with E-state index in [2.05, 4.69) is 5.32 Å². The standard InChI is InChI=1S/C21H24FIN2O4S/c1-25-18-9-6-5-8-14(18)21(24-11-7-3-2-4-10-20(26)27)15-12-16(22)17(23)13-19(15)30(25,28)29/h5-6,8-9,12-13,21,24H,2-4,7,10-11H2,1H3,(H,26,27). The van der Waals surface area contributed by atoms with Crippen LogP contribution in [0.1, 0.15) is 49.3 Å². The van der Waals surface area contributed by atoms with Gasteiger partial charge in [0.2, 0.25) is 0 Å². The van der Waals surface area contributed by atoms with Gasteiger partial charge in [-0.05, 0) is 71.3 Å². The van der Waals surface area contributed by atoms with Gasteiger partial charge in [-0.2, -0.15) is 0 Å². The van der Waals surface area contributed by atoms with Crippen molar-refractivity contribution in [3.05, 3.63) is 56.9 Å². The van der Waals surface area contributed by atoms with Crippen molar-refractivity contribution in [2.45, 2.75) is 43.0 Å². The number of hydrogen-bond acceptors (Lipinski definition) is 4. The molecule has 0 saturated carbocycles. The van der Waals surface area contributed by atoms with Gasteiger partial charge in [-0.1, -0.05) is 31.0 Å². The minimum Gasteiger partial charge on any atom is -0.481 e. The fraction of sp³-hybridized carbons (Fsp3) is 0.381. The first-order valence-electron chi connectivity index (χ1n) is 9.75. The average molecular weight is 546 g/mol. The number of para-hydroxylation sites is 1. The van der Waals surface area contributed by atoms with E-state index in [-0.39, 0.29) is 14.9 Å². The fourth-order valence-electron chi connectivity index (χ4n) is 3.68. The summed E-state index contributed by atoms with van der Waals surface area (Å²) in [7, 11) is -2.31. The van der Waals surface area contributed by atoms with Gasteiger partial charge < -0.3 is 10.4 Å². The normalized spacial score (nSPS) is 17.2. The predicted octanol–water partition coefficient (Wildman–Crippen LogP) is 4.28. The molecular formula is C21H24FIN2O4S. The van der Waals surface area contributed by atoms with Crippen LogP contribution in [0.15, 0.2) is 41.3 Å². The van der Waals surface area contributed by atoms with Crippen molar-refractivity contribution in [1.29, 1.82) is 0 Å². The van der Waals surface area contributed by atoms with Crippen LogP contribution in [0.5, 0.6) is 0 Å². The molecule has 3 rings (SSSR count). The first kappa shape index (κ1) is 23.0. The van der Waals surface area contributed by atoms with Crippen molar-refractivity contribution in [2.24, 2.45) is 0 Å². The van der Waals surface area contributed by atoms with Gasteiger partial charge in [-0.25, -0.2) is 12.8 Å². The van der Waals surface area contributed by atoms with Crippen LogP contribution in [0.4, 0.5) is 10.1 Å². The van der Waals surface area contributed by atoms with Gasteiger partial charge in [0, 0.05) is 13.5 Å². The summed E-state index contributed by atoms with van der Waals surface area (Å²) in [6, 6.07) is 9.47. The highest BCUT2D eigenvalue weighted by Gasteiger charge is 2.35. The summed E-state index contributed by atoms with van der Waals surface area (Å²) in [5.41, 5.74) is 1.73. The van der Waals surface area contributed by atoms with Crippen molar-refractivity contribution in [2.75, 3.05) is 17.9 Å². The van der Waals surface area contributed by atoms with Crippen molar-refractivity contribution in [1.82, 2.24) is 5.32 Å². The number of unbranched alkanes of at least 4 members (excludes halogenated alkanes) is 3. The van der Waals surface area contributed by atoms with E-state index >= 15 is 0 Å². The predicted molar refractivity (Wildman–Crippen MR) is 122 cm³/mol. The number of carboxylic acid groups (broad SMARTS) is 1. The third-order valence-corrected chi connectivity index (χ3v) is 7.91. The molecule has 6 nitrogen and oxygen atoms in total. The zero-order chi connectivity index (χ0) is 21.9. The second-order valence-electron chi connectivity index (χ2n) is 7.28. The molecule has 162 valence electrons. The van der Waals surface area contributed by atoms with Crippen LogP contribution in [-0.2, 0) is 14.8 Å². The van der Waals surface area contributed by atoms with E-state index in [4.69, 9.17) is 5.11 Å². The lowest BCUT2D eigenvalue weighted by atomic mass is 9.96. The van der Waals surface area contributed by atoms with Crippen LogP contribution < -0.4 is 9.62 Å². The van der Waals surface area contributed by atoms with E-state index in [1.54, 1.807) is 34.7 Å². The van der Waals surface area contributed by atoms with Crippen LogP contribution in [0.3, 0.4) is 0 Å². The number of halogens is 2. The number of carboxylic acids is 1. The Hall–Kier alpha value is -1.72. The molecule has 0 amide bonds. The van der Waals surface area contributed by atoms with Crippen LogP contribution >= 0.6 is 22.6 Å². The first-order chi connectivity index (χ1) is 14.2. The Labute approximate surface area is 189 Å². The number of rotatable bonds is 8. The third kappa shape index (κ3) is 4.78. The summed E-state index contributed by atoms with van der Waals surface area (Å²) in [6.07, 6.45) is 3.29. The molecule has 1 aliphatic heterocycles. The Balaban J connectivity index is 1.90. The van der Waals surface area contributed by atoms with Gasteiger partial charge in [0.05, 0.1) is 20.2 Å². The van der Waals surface area contributed by atoms with Crippen LogP contribution in [0, 0.1) is 9.39 Å². The van der Waals surface area contributed by atoms with E-state index in [0.717, 1.165) is 24.8 Å². The number of benzene rings is 2. The molecule has 2 aromatic rings. The van der Waals surface area contributed by atoms with E-state index in [1.165, 1.54) is 23.5 Å². The Morgan fingerprint density at radius 2 is 1.87 bits per heavy atom. The van der Waals surface area contributed by atoms with Crippen LogP contribution in [0.2, 0.25) is 0 Å². The fourth-order valence-corrected chi connectivity index (χ4v) is 5.82. The minimum atomic E-state index is -3.83. The van der Waals surface area contributed by atoms with Crippen molar-refractivity contribution in [3.8, 4) is 0 Å². The maximum absolute atomic E-state index is 14.4. The number of fused-ring (bicyclic) bond motifs is 2. The number of nitrogens with zero attached hydrogens (tertiary/aromatic N) is 1. The van der Waals surface area contributed by atoms with Gasteiger partial charge in [0.15, 0.2) is 0 Å². The highest BCUT2D eigenvalue weighted by Crippen LogP contribution is 2.41. The maximum Gasteiger partial charge on any atom is 0.303 e. The Morgan fingerprint density at radius 1 is 1.17 bits per heavy atom. The van der Waals surface area contributed by atoms with Gasteiger partial charge in [-0.15, -0.1) is 0 Å². The molecule has 0 spiro atoms. The largest absolute Gasteiger partial charge is 0.481 e. The molecule has 9 heteroatoms. The molecule has 0 fully saturated rings. The van der Waals surface area contributed by atoms with Gasteiger partial charge in [0.1, 0.15) is 5.82 Å². The van der Waals surface area contributed by atoms with E-state index in [9.17, 15) is 17.6 Å². The molecule has 30 heavy (non-hydrogen) atoms. The van der Waals surface area contributed by atoms with Crippen molar-refractivity contribution in [3.63, 3.8) is 0 Å². The molecule has 2 N–H and O–H groups in total. The minimum absolute atomic E-state index is 0.103. The van der Waals surface area contributed by atoms with Gasteiger partial charge in [-0.3, -0.25) is 9.10 Å². The number of anilines is 1. The summed E-state index contributed by atoms with van der Waals surface area (Å²) >= 11 is 1.81. The monoisotopic (exact) mass is 546 g/mol. The highest BCUT2D eigenvalue weighted by atomic mass is 127. The molecular weight excluding hydrogens is 522 g/mol. The lowest BCUT2D eigenvalue weighted by molar-refractivity contribution is -0.137. The number of sulfonamides is 1. The van der Waals surface area contributed by atoms with Crippen molar-refractivity contribution < 1.29 is 22.7 Å². The van der Waals surface area contributed by atoms with Crippen LogP contribution in [0.25, 0.3) is 0 Å². The molecule has 0 aromatic heterocycles. The molecule has 0 radical (unpaired) electrons. The summed E-state index contributed by atoms with van der Waals surface area (Å²) in [4.78, 5) is 10.7. The molecule has 2 aromatic carbocycles. The van der Waals surface area contributed by atoms with E-state index in [0.29, 0.717) is 24.2 Å². The highest BCUT2D eigenvalue weighted by molar-refractivity contribution is 14.1. The summed E-state index contributed by atoms with van der Waals surface area (Å²) in [5, 5.41) is 12.1. The number of nitrogens with one attached hydrogen (secondary N) is 1. The quantitative estimate of drug-likeness (QED) is 0.382. The average Bonchev–Trinajstić information content (AvgIpc) is 2.76. The Kier molecular flexibility index (Phi) is 7.35. The topological polar surface area (TPSA) is 86.7 Å². The van der Waals surface area contributed by atoms with Gasteiger partial charge >= 0.3 is 5.97 Å². The lowest BCUT2D eigenvalue weighted by Gasteiger charge is -2.22. The second kappa shape index (κ2) is 9.61. The zero-order valence-electron chi connectivity index (χ0n) is 16.6. The van der Waals surface area contributed by atoms with E-state index in [1.807, 2.05) is 12.1 Å². The Morgan fingerprint density at radius 3 is 2.60 bits per heavy atom. The Bertz CT molecular complexity index is 1050. The molecule has 0 aliphatic carbocycles. The van der Waals surface area contributed by atoms with E-state index < -0.39 is 27.9 Å².